The van der Waals surface area contributed by atoms with Crippen LogP contribution in [-0.2, 0) is 14.3 Å². The molecular formula is C17H30N4O3. The number of piperazine rings is 1. The van der Waals surface area contributed by atoms with Gasteiger partial charge in [0.05, 0.1) is 19.2 Å². The van der Waals surface area contributed by atoms with Gasteiger partial charge in [0.1, 0.15) is 0 Å². The van der Waals surface area contributed by atoms with E-state index >= 15 is 0 Å². The van der Waals surface area contributed by atoms with Crippen molar-refractivity contribution in [1.29, 1.82) is 0 Å². The lowest BCUT2D eigenvalue weighted by Crippen LogP contribution is -2.51. The zero-order chi connectivity index (χ0) is 16.9. The molecule has 0 aromatic rings. The highest BCUT2D eigenvalue weighted by molar-refractivity contribution is 5.85. The quantitative estimate of drug-likeness (QED) is 0.679. The predicted molar refractivity (Wildman–Crippen MR) is 90.7 cm³/mol. The molecule has 1 N–H and O–H groups in total. The van der Waals surface area contributed by atoms with Gasteiger partial charge < -0.3 is 15.0 Å². The molecule has 1 aliphatic carbocycles. The Kier molecular flexibility index (Phi) is 6.08. The topological polar surface area (TPSA) is 65.1 Å². The molecule has 0 aromatic heterocycles. The van der Waals surface area contributed by atoms with Crippen molar-refractivity contribution in [3.63, 3.8) is 0 Å². The summed E-state index contributed by atoms with van der Waals surface area (Å²) in [4.78, 5) is 30.2. The molecule has 3 fully saturated rings. The molecule has 0 aromatic carbocycles. The second-order valence-electron chi connectivity index (χ2n) is 7.30. The van der Waals surface area contributed by atoms with Crippen molar-refractivity contribution in [2.45, 2.75) is 37.8 Å². The maximum Gasteiger partial charge on any atom is 0.239 e. The van der Waals surface area contributed by atoms with Crippen molar-refractivity contribution in [3.05, 3.63) is 0 Å². The number of rotatable bonds is 7. The van der Waals surface area contributed by atoms with E-state index in [2.05, 4.69) is 15.1 Å². The van der Waals surface area contributed by atoms with Crippen LogP contribution in [0.5, 0.6) is 0 Å². The molecule has 7 nitrogen and oxygen atoms in total. The van der Waals surface area contributed by atoms with Crippen molar-refractivity contribution in [2.75, 3.05) is 59.5 Å². The van der Waals surface area contributed by atoms with Gasteiger partial charge in [0.25, 0.3) is 0 Å². The summed E-state index contributed by atoms with van der Waals surface area (Å²) in [5.41, 5.74) is 0. The van der Waals surface area contributed by atoms with Gasteiger partial charge in [-0.1, -0.05) is 0 Å². The molecule has 3 rings (SSSR count). The molecule has 1 saturated carbocycles. The highest BCUT2D eigenvalue weighted by atomic mass is 16.5. The van der Waals surface area contributed by atoms with Crippen LogP contribution in [0.25, 0.3) is 0 Å². The first-order chi connectivity index (χ1) is 11.6. The Balaban J connectivity index is 1.32. The van der Waals surface area contributed by atoms with Crippen molar-refractivity contribution in [1.82, 2.24) is 20.0 Å². The summed E-state index contributed by atoms with van der Waals surface area (Å²) in [6, 6.07) is 0.345. The van der Waals surface area contributed by atoms with E-state index in [1.54, 1.807) is 7.05 Å². The smallest absolute Gasteiger partial charge is 0.239 e. The van der Waals surface area contributed by atoms with E-state index in [1.807, 2.05) is 0 Å². The number of nitrogens with zero attached hydrogens (tertiary/aromatic N) is 3. The molecule has 2 aliphatic heterocycles. The molecule has 0 spiro atoms. The highest BCUT2D eigenvalue weighted by Gasteiger charge is 2.26. The zero-order valence-corrected chi connectivity index (χ0v) is 14.7. The first kappa shape index (κ1) is 17.6. The minimum Gasteiger partial charge on any atom is -0.377 e. The van der Waals surface area contributed by atoms with Gasteiger partial charge in [0.2, 0.25) is 11.8 Å². The largest absolute Gasteiger partial charge is 0.377 e. The lowest BCUT2D eigenvalue weighted by molar-refractivity contribution is -0.136. The van der Waals surface area contributed by atoms with Crippen LogP contribution in [0.15, 0.2) is 0 Å². The number of likely N-dealkylation sites (N-methyl/N-ethyl adjacent to an activating group) is 1. The Morgan fingerprint density at radius 1 is 1.12 bits per heavy atom. The second-order valence-corrected chi connectivity index (χ2v) is 7.30. The first-order valence-electron chi connectivity index (χ1n) is 9.20. The van der Waals surface area contributed by atoms with Crippen LogP contribution < -0.4 is 5.32 Å². The van der Waals surface area contributed by atoms with Gasteiger partial charge in [-0.25, -0.2) is 0 Å². The minimum absolute atomic E-state index is 0.0218. The lowest BCUT2D eigenvalue weighted by Gasteiger charge is -2.35. The summed E-state index contributed by atoms with van der Waals surface area (Å²) < 4.78 is 5.69. The van der Waals surface area contributed by atoms with E-state index in [1.165, 1.54) is 17.7 Å². The number of hydrogen-bond acceptors (Lipinski definition) is 5. The molecule has 24 heavy (non-hydrogen) atoms. The Morgan fingerprint density at radius 2 is 1.83 bits per heavy atom. The maximum absolute atomic E-state index is 12.3. The monoisotopic (exact) mass is 338 g/mol. The van der Waals surface area contributed by atoms with Crippen molar-refractivity contribution in [2.24, 2.45) is 0 Å². The number of hydrogen-bond donors (Lipinski definition) is 1. The maximum atomic E-state index is 12.3. The fraction of sp³-hybridized carbons (Fsp3) is 0.882. The van der Waals surface area contributed by atoms with Crippen LogP contribution in [0, 0.1) is 0 Å². The SMILES string of the molecule is CN(CC(=O)NC1CC1)C(=O)CN1CCN(C[C@H]2CCCO2)CC1. The van der Waals surface area contributed by atoms with Crippen LogP contribution in [0.1, 0.15) is 25.7 Å². The summed E-state index contributed by atoms with van der Waals surface area (Å²) >= 11 is 0. The molecule has 2 heterocycles. The summed E-state index contributed by atoms with van der Waals surface area (Å²) in [5.74, 6) is -0.0248. The number of carbonyl (C=O) groups excluding carboxylic acids is 2. The average molecular weight is 338 g/mol. The van der Waals surface area contributed by atoms with E-state index < -0.39 is 0 Å². The Bertz CT molecular complexity index is 441. The average Bonchev–Trinajstić information content (AvgIpc) is 3.21. The highest BCUT2D eigenvalue weighted by Crippen LogP contribution is 2.18. The van der Waals surface area contributed by atoms with E-state index in [9.17, 15) is 9.59 Å². The summed E-state index contributed by atoms with van der Waals surface area (Å²) in [5, 5.41) is 2.92. The lowest BCUT2D eigenvalue weighted by atomic mass is 10.2. The fourth-order valence-electron chi connectivity index (χ4n) is 3.32. The van der Waals surface area contributed by atoms with Gasteiger partial charge in [0, 0.05) is 52.4 Å². The molecule has 0 radical (unpaired) electrons. The predicted octanol–water partition coefficient (Wildman–Crippen LogP) is -0.480. The number of amides is 2. The van der Waals surface area contributed by atoms with Gasteiger partial charge in [0.15, 0.2) is 0 Å². The van der Waals surface area contributed by atoms with Crippen LogP contribution in [0.3, 0.4) is 0 Å². The van der Waals surface area contributed by atoms with Gasteiger partial charge in [-0.2, -0.15) is 0 Å². The number of carbonyl (C=O) groups is 2. The Labute approximate surface area is 144 Å². The zero-order valence-electron chi connectivity index (χ0n) is 14.7. The molecule has 7 heteroatoms. The molecule has 1 atom stereocenters. The van der Waals surface area contributed by atoms with E-state index in [4.69, 9.17) is 4.74 Å². The van der Waals surface area contributed by atoms with Gasteiger partial charge in [-0.3, -0.25) is 19.4 Å². The third kappa shape index (κ3) is 5.43. The van der Waals surface area contributed by atoms with Crippen LogP contribution >= 0.6 is 0 Å². The Hall–Kier alpha value is -1.18. The number of ether oxygens (including phenoxy) is 1. The fourth-order valence-corrected chi connectivity index (χ4v) is 3.32. The van der Waals surface area contributed by atoms with Gasteiger partial charge in [-0.15, -0.1) is 0 Å². The molecule has 2 saturated heterocycles. The van der Waals surface area contributed by atoms with E-state index in [0.717, 1.165) is 52.2 Å². The van der Waals surface area contributed by atoms with Crippen molar-refractivity contribution in [3.8, 4) is 0 Å². The van der Waals surface area contributed by atoms with Gasteiger partial charge in [-0.05, 0) is 25.7 Å². The first-order valence-corrected chi connectivity index (χ1v) is 9.20. The van der Waals surface area contributed by atoms with Crippen molar-refractivity contribution >= 4 is 11.8 Å². The minimum atomic E-state index is -0.0465. The summed E-state index contributed by atoms with van der Waals surface area (Å²) in [6.07, 6.45) is 4.89. The van der Waals surface area contributed by atoms with Crippen LogP contribution in [0.2, 0.25) is 0 Å². The third-order valence-electron chi connectivity index (χ3n) is 5.06. The van der Waals surface area contributed by atoms with Gasteiger partial charge >= 0.3 is 0 Å². The second kappa shape index (κ2) is 8.27. The molecular weight excluding hydrogens is 308 g/mol. The van der Waals surface area contributed by atoms with Crippen LogP contribution in [-0.4, -0.2) is 98.1 Å². The standard InChI is InChI=1S/C17H30N4O3/c1-19(12-16(22)18-14-4-5-14)17(23)13-21-8-6-20(7-9-21)11-15-3-2-10-24-15/h14-15H,2-13H2,1H3,(H,18,22)/t15-/m1/s1. The van der Waals surface area contributed by atoms with Crippen molar-refractivity contribution < 1.29 is 14.3 Å². The molecule has 2 amide bonds. The molecule has 0 unspecified atom stereocenters. The molecule has 3 aliphatic rings. The Morgan fingerprint density at radius 3 is 2.46 bits per heavy atom. The molecule has 0 bridgehead atoms. The summed E-state index contributed by atoms with van der Waals surface area (Å²) in [6.45, 7) is 6.26. The third-order valence-corrected chi connectivity index (χ3v) is 5.06. The van der Waals surface area contributed by atoms with E-state index in [0.29, 0.717) is 18.7 Å². The molecule has 136 valence electrons. The van der Waals surface area contributed by atoms with E-state index in [-0.39, 0.29) is 18.4 Å². The normalized spacial score (nSPS) is 25.6. The number of nitrogens with one attached hydrogen (secondary N) is 1. The van der Waals surface area contributed by atoms with Crippen LogP contribution in [0.4, 0.5) is 0 Å². The summed E-state index contributed by atoms with van der Waals surface area (Å²) in [7, 11) is 1.71.